The fourth-order valence-electron chi connectivity index (χ4n) is 11.3. The van der Waals surface area contributed by atoms with Gasteiger partial charge in [0.1, 0.15) is 17.0 Å². The highest BCUT2D eigenvalue weighted by Crippen LogP contribution is 2.86. The first-order valence-electron chi connectivity index (χ1n) is 13.7. The van der Waals surface area contributed by atoms with Gasteiger partial charge < -0.3 is 9.47 Å². The SMILES string of the molecule is CC1=CC[C@]23CC[C@H]4C(C)(C)CCC[C@]45C[C@]24C1CC1C(C)(C)OC(=C(C(C)C)C3=O)[C@@]14O5. The Morgan fingerprint density at radius 1 is 1.06 bits per heavy atom. The van der Waals surface area contributed by atoms with Crippen molar-refractivity contribution in [2.45, 2.75) is 117 Å². The minimum absolute atomic E-state index is 0.111. The molecule has 3 saturated carbocycles. The maximum Gasteiger partial charge on any atom is 0.169 e. The number of rotatable bonds is 1. The van der Waals surface area contributed by atoms with Crippen LogP contribution in [0.5, 0.6) is 0 Å². The molecule has 5 aliphatic carbocycles. The van der Waals surface area contributed by atoms with Crippen LogP contribution in [-0.2, 0) is 14.3 Å². The molecule has 2 saturated heterocycles. The number of allylic oxidation sites excluding steroid dienone is 3. The first-order chi connectivity index (χ1) is 15.4. The van der Waals surface area contributed by atoms with Gasteiger partial charge in [0.2, 0.25) is 0 Å². The molecule has 2 unspecified atom stereocenters. The number of ether oxygens (including phenoxy) is 2. The summed E-state index contributed by atoms with van der Waals surface area (Å²) < 4.78 is 14.8. The van der Waals surface area contributed by atoms with Gasteiger partial charge in [-0.3, -0.25) is 4.79 Å². The first kappa shape index (κ1) is 21.2. The fourth-order valence-corrected chi connectivity index (χ4v) is 11.3. The van der Waals surface area contributed by atoms with Gasteiger partial charge in [0.25, 0.3) is 0 Å². The van der Waals surface area contributed by atoms with Gasteiger partial charge in [-0.15, -0.1) is 0 Å². The molecule has 0 aromatic rings. The van der Waals surface area contributed by atoms with Crippen molar-refractivity contribution in [1.82, 2.24) is 0 Å². The third kappa shape index (κ3) is 1.92. The van der Waals surface area contributed by atoms with Crippen molar-refractivity contribution in [2.75, 3.05) is 0 Å². The molecule has 0 radical (unpaired) electrons. The molecular weight excluding hydrogens is 408 g/mol. The van der Waals surface area contributed by atoms with Crippen molar-refractivity contribution >= 4 is 5.78 Å². The van der Waals surface area contributed by atoms with Crippen LogP contribution in [-0.4, -0.2) is 22.6 Å². The zero-order valence-corrected chi connectivity index (χ0v) is 21.8. The molecule has 2 heterocycles. The third-order valence-corrected chi connectivity index (χ3v) is 12.2. The minimum atomic E-state index is -0.420. The van der Waals surface area contributed by atoms with E-state index < -0.39 is 5.60 Å². The quantitative estimate of drug-likeness (QED) is 0.414. The minimum Gasteiger partial charge on any atom is -0.488 e. The van der Waals surface area contributed by atoms with Crippen LogP contribution < -0.4 is 0 Å². The van der Waals surface area contributed by atoms with Crippen LogP contribution in [0.3, 0.4) is 0 Å². The third-order valence-electron chi connectivity index (χ3n) is 12.2. The van der Waals surface area contributed by atoms with Crippen LogP contribution in [0, 0.1) is 39.9 Å². The van der Waals surface area contributed by atoms with E-state index in [4.69, 9.17) is 9.47 Å². The highest BCUT2D eigenvalue weighted by Gasteiger charge is 2.90. The molecule has 180 valence electrons. The first-order valence-corrected chi connectivity index (χ1v) is 13.7. The molecule has 0 aromatic carbocycles. The summed E-state index contributed by atoms with van der Waals surface area (Å²) in [5.41, 5.74) is 1.45. The Hall–Kier alpha value is -1.09. The van der Waals surface area contributed by atoms with Crippen molar-refractivity contribution in [3.8, 4) is 0 Å². The van der Waals surface area contributed by atoms with Gasteiger partial charge in [-0.1, -0.05) is 45.8 Å². The van der Waals surface area contributed by atoms with E-state index in [1.807, 2.05) is 0 Å². The average molecular weight is 451 g/mol. The number of hydrogen-bond donors (Lipinski definition) is 0. The Kier molecular flexibility index (Phi) is 3.64. The van der Waals surface area contributed by atoms with E-state index in [0.717, 1.165) is 49.9 Å². The largest absolute Gasteiger partial charge is 0.488 e. The molecule has 3 nitrogen and oxygen atoms in total. The molecule has 5 fully saturated rings. The second-order valence-corrected chi connectivity index (χ2v) is 14.5. The lowest BCUT2D eigenvalue weighted by molar-refractivity contribution is -0.207. The summed E-state index contributed by atoms with van der Waals surface area (Å²) in [6, 6.07) is 0. The van der Waals surface area contributed by atoms with Gasteiger partial charge in [-0.05, 0) is 88.9 Å². The van der Waals surface area contributed by atoms with E-state index in [2.05, 4.69) is 54.5 Å². The Labute approximate surface area is 199 Å². The number of carbonyl (C=O) groups is 1. The van der Waals surface area contributed by atoms with Gasteiger partial charge in [-0.2, -0.15) is 0 Å². The summed E-state index contributed by atoms with van der Waals surface area (Å²) in [6.07, 6.45) is 11.4. The van der Waals surface area contributed by atoms with Gasteiger partial charge in [0.15, 0.2) is 5.78 Å². The smallest absolute Gasteiger partial charge is 0.169 e. The molecule has 3 spiro atoms. The topological polar surface area (TPSA) is 35.5 Å². The highest BCUT2D eigenvalue weighted by molar-refractivity contribution is 6.04. The van der Waals surface area contributed by atoms with E-state index >= 15 is 0 Å². The Bertz CT molecular complexity index is 1040. The molecule has 3 heteroatoms. The summed E-state index contributed by atoms with van der Waals surface area (Å²) in [7, 11) is 0. The lowest BCUT2D eigenvalue weighted by atomic mass is 9.42. The lowest BCUT2D eigenvalue weighted by Crippen LogP contribution is -2.65. The second-order valence-electron chi connectivity index (χ2n) is 14.5. The summed E-state index contributed by atoms with van der Waals surface area (Å²) in [5, 5.41) is 0. The summed E-state index contributed by atoms with van der Waals surface area (Å²) in [5.74, 6) is 2.84. The van der Waals surface area contributed by atoms with Crippen molar-refractivity contribution in [3.05, 3.63) is 23.0 Å². The van der Waals surface area contributed by atoms with Crippen molar-refractivity contribution in [2.24, 2.45) is 39.9 Å². The molecular formula is C30H42O3. The van der Waals surface area contributed by atoms with Crippen LogP contribution in [0.15, 0.2) is 23.0 Å². The normalized spacial score (nSPS) is 52.3. The molecule has 0 amide bonds. The van der Waals surface area contributed by atoms with Gasteiger partial charge in [-0.25, -0.2) is 0 Å². The average Bonchev–Trinajstić information content (AvgIpc) is 3.18. The molecule has 33 heavy (non-hydrogen) atoms. The lowest BCUT2D eigenvalue weighted by Gasteiger charge is -2.60. The Morgan fingerprint density at radius 2 is 1.82 bits per heavy atom. The molecule has 7 rings (SSSR count). The van der Waals surface area contributed by atoms with Crippen LogP contribution in [0.2, 0.25) is 0 Å². The summed E-state index contributed by atoms with van der Waals surface area (Å²) >= 11 is 0. The Balaban J connectivity index is 1.61. The number of Topliss-reactive ketones (excluding diaryl/α,β-unsaturated/α-hetero) is 1. The zero-order valence-electron chi connectivity index (χ0n) is 21.8. The van der Waals surface area contributed by atoms with E-state index in [0.29, 0.717) is 23.5 Å². The van der Waals surface area contributed by atoms with Crippen LogP contribution in [0.25, 0.3) is 0 Å². The van der Waals surface area contributed by atoms with Crippen LogP contribution in [0.1, 0.15) is 99.8 Å². The molecule has 0 aromatic heterocycles. The summed E-state index contributed by atoms with van der Waals surface area (Å²) in [4.78, 5) is 14.8. The van der Waals surface area contributed by atoms with Crippen molar-refractivity contribution < 1.29 is 14.3 Å². The van der Waals surface area contributed by atoms with E-state index in [-0.39, 0.29) is 33.4 Å². The van der Waals surface area contributed by atoms with Gasteiger partial charge >= 0.3 is 0 Å². The standard InChI is InChI=1S/C30H42O3/c1-17(2)22-23(31)27-13-9-18(3)19-15-21-26(6,7)32-24(22)30(21)29(19,27)16-28(33-30)12-8-11-25(4,5)20(28)10-14-27/h9,17,19-21H,8,10-16H2,1-7H3/t19?,20-,21?,27+,28-,29-,30-/m0/s1. The van der Waals surface area contributed by atoms with E-state index in [1.165, 1.54) is 18.4 Å². The van der Waals surface area contributed by atoms with Crippen molar-refractivity contribution in [1.29, 1.82) is 0 Å². The van der Waals surface area contributed by atoms with Crippen LogP contribution >= 0.6 is 0 Å². The second kappa shape index (κ2) is 5.66. The van der Waals surface area contributed by atoms with Gasteiger partial charge in [0.05, 0.1) is 5.60 Å². The summed E-state index contributed by atoms with van der Waals surface area (Å²) in [6.45, 7) is 16.2. The van der Waals surface area contributed by atoms with Crippen molar-refractivity contribution in [3.63, 3.8) is 0 Å². The number of ketones is 1. The Morgan fingerprint density at radius 3 is 2.55 bits per heavy atom. The van der Waals surface area contributed by atoms with E-state index in [9.17, 15) is 4.79 Å². The van der Waals surface area contributed by atoms with E-state index in [1.54, 1.807) is 0 Å². The molecule has 2 aliphatic heterocycles. The predicted octanol–water partition coefficient (Wildman–Crippen LogP) is 6.76. The predicted molar refractivity (Wildman–Crippen MR) is 128 cm³/mol. The molecule has 7 atom stereocenters. The number of hydrogen-bond acceptors (Lipinski definition) is 3. The molecule has 0 N–H and O–H groups in total. The fraction of sp³-hybridized carbons (Fsp3) is 0.833. The molecule has 7 aliphatic rings. The molecule has 2 bridgehead atoms. The van der Waals surface area contributed by atoms with Crippen LogP contribution in [0.4, 0.5) is 0 Å². The maximum atomic E-state index is 14.8. The monoisotopic (exact) mass is 450 g/mol. The maximum absolute atomic E-state index is 14.8. The zero-order chi connectivity index (χ0) is 23.4. The number of carbonyl (C=O) groups excluding carboxylic acids is 1. The van der Waals surface area contributed by atoms with Gasteiger partial charge in [0, 0.05) is 22.3 Å². The highest BCUT2D eigenvalue weighted by atomic mass is 16.6.